The molecule has 0 heterocycles. The molecular formula is C28H43NO11. The molecule has 40 heavy (non-hydrogen) atoms. The SMILES string of the molecule is CCC(C)COC(=O)OC[C@H](C)OC(=O)[C@@H](N)Cc1ccc(OC(=O)OC(C)(C)C)c(OC(=O)OC(C)(C)C)c1. The summed E-state index contributed by atoms with van der Waals surface area (Å²) >= 11 is 0. The Kier molecular flexibility index (Phi) is 13.2. The zero-order valence-corrected chi connectivity index (χ0v) is 24.9. The standard InChI is InChI=1S/C28H43NO11/c1-10-17(2)15-34-24(31)35-16-18(3)36-23(30)20(29)13-19-11-12-21(37-25(32)39-27(4,5)6)22(14-19)38-26(33)40-28(7,8)9/h11-12,14,17-18,20H,10,13,15-16,29H2,1-9H3/t17?,18-,20-/m0/s1. The third-order valence-electron chi connectivity index (χ3n) is 4.87. The summed E-state index contributed by atoms with van der Waals surface area (Å²) in [5.41, 5.74) is 4.85. The predicted octanol–water partition coefficient (Wildman–Crippen LogP) is 5.32. The second-order valence-electron chi connectivity index (χ2n) is 11.4. The van der Waals surface area contributed by atoms with Crippen molar-refractivity contribution in [1.29, 1.82) is 0 Å². The smallest absolute Gasteiger partial charge is 0.458 e. The Hall–Kier alpha value is -3.54. The Morgan fingerprint density at radius 3 is 1.85 bits per heavy atom. The van der Waals surface area contributed by atoms with E-state index in [-0.39, 0.29) is 37.1 Å². The van der Waals surface area contributed by atoms with Crippen molar-refractivity contribution in [3.8, 4) is 11.5 Å². The van der Waals surface area contributed by atoms with Gasteiger partial charge in [-0.15, -0.1) is 0 Å². The Morgan fingerprint density at radius 1 is 0.800 bits per heavy atom. The number of nitrogens with two attached hydrogens (primary N) is 1. The lowest BCUT2D eigenvalue weighted by Crippen LogP contribution is -2.37. The Bertz CT molecular complexity index is 1010. The number of carbonyl (C=O) groups is 4. The number of rotatable bonds is 11. The molecule has 0 radical (unpaired) electrons. The predicted molar refractivity (Wildman–Crippen MR) is 144 cm³/mol. The van der Waals surface area contributed by atoms with Gasteiger partial charge in [0.1, 0.15) is 30.0 Å². The zero-order chi connectivity index (χ0) is 30.7. The van der Waals surface area contributed by atoms with Gasteiger partial charge in [0.2, 0.25) is 0 Å². The van der Waals surface area contributed by atoms with Crippen LogP contribution < -0.4 is 15.2 Å². The van der Waals surface area contributed by atoms with E-state index in [9.17, 15) is 19.2 Å². The van der Waals surface area contributed by atoms with Crippen LogP contribution in [-0.4, -0.2) is 61.0 Å². The molecular weight excluding hydrogens is 526 g/mol. The third-order valence-corrected chi connectivity index (χ3v) is 4.87. The summed E-state index contributed by atoms with van der Waals surface area (Å²) in [7, 11) is 0. The van der Waals surface area contributed by atoms with Crippen LogP contribution in [-0.2, 0) is 34.9 Å². The molecule has 0 amide bonds. The summed E-state index contributed by atoms with van der Waals surface area (Å²) in [5, 5.41) is 0. The highest BCUT2D eigenvalue weighted by atomic mass is 16.8. The van der Waals surface area contributed by atoms with Crippen molar-refractivity contribution < 1.29 is 52.3 Å². The average Bonchev–Trinajstić information content (AvgIpc) is 2.80. The van der Waals surface area contributed by atoms with Gasteiger partial charge < -0.3 is 38.9 Å². The molecule has 0 saturated heterocycles. The lowest BCUT2D eigenvalue weighted by atomic mass is 10.1. The van der Waals surface area contributed by atoms with E-state index < -0.39 is 47.8 Å². The monoisotopic (exact) mass is 569 g/mol. The van der Waals surface area contributed by atoms with E-state index in [0.717, 1.165) is 6.42 Å². The van der Waals surface area contributed by atoms with Crippen LogP contribution in [0.1, 0.15) is 74.3 Å². The number of ether oxygens (including phenoxy) is 7. The van der Waals surface area contributed by atoms with E-state index in [4.69, 9.17) is 38.9 Å². The van der Waals surface area contributed by atoms with E-state index in [1.807, 2.05) is 13.8 Å². The molecule has 0 saturated carbocycles. The first-order valence-electron chi connectivity index (χ1n) is 13.1. The summed E-state index contributed by atoms with van der Waals surface area (Å²) in [4.78, 5) is 48.7. The van der Waals surface area contributed by atoms with Crippen molar-refractivity contribution in [3.05, 3.63) is 23.8 Å². The van der Waals surface area contributed by atoms with E-state index >= 15 is 0 Å². The molecule has 0 spiro atoms. The van der Waals surface area contributed by atoms with Crippen molar-refractivity contribution in [3.63, 3.8) is 0 Å². The molecule has 12 nitrogen and oxygen atoms in total. The fourth-order valence-corrected chi connectivity index (χ4v) is 2.78. The number of hydrogen-bond donors (Lipinski definition) is 1. The van der Waals surface area contributed by atoms with Gasteiger partial charge >= 0.3 is 24.4 Å². The van der Waals surface area contributed by atoms with Crippen LogP contribution >= 0.6 is 0 Å². The molecule has 226 valence electrons. The fourth-order valence-electron chi connectivity index (χ4n) is 2.78. The van der Waals surface area contributed by atoms with Gasteiger partial charge in [-0.05, 0) is 78.5 Å². The van der Waals surface area contributed by atoms with E-state index in [1.165, 1.54) is 18.2 Å². The van der Waals surface area contributed by atoms with Crippen LogP contribution in [0.4, 0.5) is 14.4 Å². The van der Waals surface area contributed by atoms with Gasteiger partial charge in [0.05, 0.1) is 6.61 Å². The Labute approximate surface area is 235 Å². The lowest BCUT2D eigenvalue weighted by Gasteiger charge is -2.21. The van der Waals surface area contributed by atoms with Gasteiger partial charge in [-0.2, -0.15) is 0 Å². The van der Waals surface area contributed by atoms with E-state index in [2.05, 4.69) is 0 Å². The number of esters is 1. The van der Waals surface area contributed by atoms with E-state index in [0.29, 0.717) is 5.56 Å². The van der Waals surface area contributed by atoms with Crippen LogP contribution in [0.2, 0.25) is 0 Å². The van der Waals surface area contributed by atoms with Gasteiger partial charge in [0, 0.05) is 0 Å². The quantitative estimate of drug-likeness (QED) is 0.208. The highest BCUT2D eigenvalue weighted by Crippen LogP contribution is 2.31. The van der Waals surface area contributed by atoms with Crippen LogP contribution in [0, 0.1) is 5.92 Å². The molecule has 0 fully saturated rings. The summed E-state index contributed by atoms with van der Waals surface area (Å²) < 4.78 is 36.1. The number of hydrogen-bond acceptors (Lipinski definition) is 12. The highest BCUT2D eigenvalue weighted by molar-refractivity contribution is 5.76. The second kappa shape index (κ2) is 15.3. The molecule has 0 aliphatic heterocycles. The Balaban J connectivity index is 2.86. The van der Waals surface area contributed by atoms with Gasteiger partial charge in [-0.1, -0.05) is 26.3 Å². The fraction of sp³-hybridized carbons (Fsp3) is 0.643. The van der Waals surface area contributed by atoms with Crippen molar-refractivity contribution in [1.82, 2.24) is 0 Å². The largest absolute Gasteiger partial charge is 0.514 e. The third kappa shape index (κ3) is 14.6. The summed E-state index contributed by atoms with van der Waals surface area (Å²) in [6.07, 6.45) is -2.81. The molecule has 2 N–H and O–H groups in total. The van der Waals surface area contributed by atoms with Gasteiger partial charge in [0.15, 0.2) is 11.5 Å². The molecule has 1 rings (SSSR count). The van der Waals surface area contributed by atoms with Gasteiger partial charge in [0.25, 0.3) is 0 Å². The summed E-state index contributed by atoms with van der Waals surface area (Å²) in [6.45, 7) is 15.5. The summed E-state index contributed by atoms with van der Waals surface area (Å²) in [5.74, 6) is -0.789. The highest BCUT2D eigenvalue weighted by Gasteiger charge is 2.25. The molecule has 12 heteroatoms. The molecule has 1 aromatic carbocycles. The van der Waals surface area contributed by atoms with Crippen LogP contribution in [0.3, 0.4) is 0 Å². The van der Waals surface area contributed by atoms with Crippen molar-refractivity contribution in [2.24, 2.45) is 11.7 Å². The maximum absolute atomic E-state index is 12.5. The average molecular weight is 570 g/mol. The number of benzene rings is 1. The first-order chi connectivity index (χ1) is 18.4. The minimum absolute atomic E-state index is 0.0131. The first kappa shape index (κ1) is 34.5. The second-order valence-corrected chi connectivity index (χ2v) is 11.4. The molecule has 0 aromatic heterocycles. The van der Waals surface area contributed by atoms with Crippen molar-refractivity contribution >= 4 is 24.4 Å². The summed E-state index contributed by atoms with van der Waals surface area (Å²) in [6, 6.07) is 3.19. The van der Waals surface area contributed by atoms with Crippen LogP contribution in [0.15, 0.2) is 18.2 Å². The van der Waals surface area contributed by atoms with Crippen LogP contribution in [0.25, 0.3) is 0 Å². The van der Waals surface area contributed by atoms with Crippen molar-refractivity contribution in [2.75, 3.05) is 13.2 Å². The van der Waals surface area contributed by atoms with Gasteiger partial charge in [-0.3, -0.25) is 4.79 Å². The lowest BCUT2D eigenvalue weighted by molar-refractivity contribution is -0.152. The molecule has 3 atom stereocenters. The first-order valence-corrected chi connectivity index (χ1v) is 13.1. The van der Waals surface area contributed by atoms with Gasteiger partial charge in [-0.25, -0.2) is 14.4 Å². The zero-order valence-electron chi connectivity index (χ0n) is 24.9. The molecule has 1 unspecified atom stereocenters. The maximum atomic E-state index is 12.5. The topological polar surface area (TPSA) is 159 Å². The molecule has 0 bridgehead atoms. The molecule has 1 aromatic rings. The van der Waals surface area contributed by atoms with Crippen molar-refractivity contribution in [2.45, 2.75) is 98.5 Å². The minimum Gasteiger partial charge on any atom is -0.458 e. The molecule has 0 aliphatic rings. The number of carbonyl (C=O) groups excluding carboxylic acids is 4. The minimum atomic E-state index is -1.10. The van der Waals surface area contributed by atoms with E-state index in [1.54, 1.807) is 48.5 Å². The molecule has 0 aliphatic carbocycles. The normalized spacial score (nSPS) is 13.8. The Morgan fingerprint density at radius 2 is 1.32 bits per heavy atom. The van der Waals surface area contributed by atoms with Crippen LogP contribution in [0.5, 0.6) is 11.5 Å². The maximum Gasteiger partial charge on any atom is 0.514 e.